The molecule has 0 unspecified atom stereocenters. The van der Waals surface area contributed by atoms with E-state index in [2.05, 4.69) is 15.9 Å². The molecule has 0 amide bonds. The van der Waals surface area contributed by atoms with Crippen molar-refractivity contribution in [1.29, 1.82) is 0 Å². The minimum absolute atomic E-state index is 0.277. The lowest BCUT2D eigenvalue weighted by molar-refractivity contribution is 1.12. The second kappa shape index (κ2) is 3.30. The summed E-state index contributed by atoms with van der Waals surface area (Å²) in [6.07, 6.45) is 0.922. The minimum Gasteiger partial charge on any atom is -0.106 e. The van der Waals surface area contributed by atoms with Crippen LogP contribution in [0.15, 0.2) is 18.2 Å². The molecular formula is C9H6BrCl3. The first-order valence-electron chi connectivity index (χ1n) is 3.83. The quantitative estimate of drug-likeness (QED) is 0.653. The van der Waals surface area contributed by atoms with E-state index < -0.39 is 0 Å². The van der Waals surface area contributed by atoms with Crippen molar-refractivity contribution in [2.24, 2.45) is 0 Å². The number of hydrogen-bond acceptors (Lipinski definition) is 0. The van der Waals surface area contributed by atoms with Crippen molar-refractivity contribution in [2.75, 3.05) is 0 Å². The van der Waals surface area contributed by atoms with Gasteiger partial charge in [0, 0.05) is 16.0 Å². The molecule has 13 heavy (non-hydrogen) atoms. The van der Waals surface area contributed by atoms with Crippen molar-refractivity contribution < 1.29 is 0 Å². The van der Waals surface area contributed by atoms with Crippen molar-refractivity contribution in [3.8, 4) is 0 Å². The van der Waals surface area contributed by atoms with Crippen LogP contribution in [-0.4, -0.2) is 3.78 Å². The molecule has 0 aromatic heterocycles. The largest absolute Gasteiger partial charge is 0.107 e. The smallest absolute Gasteiger partial charge is 0.106 e. The molecule has 2 atom stereocenters. The molecule has 4 heteroatoms. The number of halogens is 4. The van der Waals surface area contributed by atoms with Gasteiger partial charge in [0.05, 0.1) is 0 Å². The summed E-state index contributed by atoms with van der Waals surface area (Å²) in [4.78, 5) is 0. The molecule has 1 aliphatic carbocycles. The van der Waals surface area contributed by atoms with Gasteiger partial charge in [-0.15, -0.1) is 11.6 Å². The number of benzene rings is 1. The fourth-order valence-electron chi connectivity index (χ4n) is 1.35. The molecule has 1 saturated carbocycles. The summed E-state index contributed by atoms with van der Waals surface area (Å²) < 4.78 is -0.277. The van der Waals surface area contributed by atoms with Gasteiger partial charge in [-0.1, -0.05) is 39.1 Å². The lowest BCUT2D eigenvalue weighted by atomic mass is 10.1. The highest BCUT2D eigenvalue weighted by molar-refractivity contribution is 9.10. The van der Waals surface area contributed by atoms with Crippen molar-refractivity contribution >= 4 is 50.7 Å². The third-order valence-corrected chi connectivity index (χ3v) is 3.84. The molecular weight excluding hydrogens is 294 g/mol. The first kappa shape index (κ1) is 10.1. The van der Waals surface area contributed by atoms with Crippen LogP contribution in [0.5, 0.6) is 0 Å². The zero-order valence-corrected chi connectivity index (χ0v) is 10.4. The van der Waals surface area contributed by atoms with Gasteiger partial charge in [-0.05, 0) is 30.2 Å². The molecule has 70 valence electrons. The summed E-state index contributed by atoms with van der Waals surface area (Å²) in [5.41, 5.74) is 1.10. The van der Waals surface area contributed by atoms with E-state index in [0.29, 0.717) is 16.0 Å². The van der Waals surface area contributed by atoms with Gasteiger partial charge in [0.15, 0.2) is 0 Å². The van der Waals surface area contributed by atoms with E-state index in [9.17, 15) is 0 Å². The molecule has 2 rings (SSSR count). The fraction of sp³-hybridized carbons (Fsp3) is 0.333. The maximum Gasteiger partial charge on any atom is 0.107 e. The number of rotatable bonds is 1. The standard InChI is InChI=1S/C9H6BrCl3/c10-9(13)4-8(9)5-1-6(11)3-7(12)2-5/h1-3,8H,4H2/t8-,9+/m1/s1. The topological polar surface area (TPSA) is 0 Å². The van der Waals surface area contributed by atoms with Crippen molar-refractivity contribution in [3.05, 3.63) is 33.8 Å². The van der Waals surface area contributed by atoms with Gasteiger partial charge >= 0.3 is 0 Å². The molecule has 1 fully saturated rings. The van der Waals surface area contributed by atoms with E-state index in [1.54, 1.807) is 6.07 Å². The maximum atomic E-state index is 6.08. The van der Waals surface area contributed by atoms with Gasteiger partial charge in [0.1, 0.15) is 3.78 Å². The highest BCUT2D eigenvalue weighted by Crippen LogP contribution is 2.61. The first-order chi connectivity index (χ1) is 5.99. The fourth-order valence-corrected chi connectivity index (χ4v) is 2.76. The molecule has 0 saturated heterocycles. The van der Waals surface area contributed by atoms with Crippen LogP contribution in [0, 0.1) is 0 Å². The summed E-state index contributed by atoms with van der Waals surface area (Å²) in [7, 11) is 0. The third-order valence-electron chi connectivity index (χ3n) is 2.11. The Morgan fingerprint density at radius 2 is 1.69 bits per heavy atom. The van der Waals surface area contributed by atoms with Crippen LogP contribution in [0.1, 0.15) is 17.9 Å². The monoisotopic (exact) mass is 298 g/mol. The SMILES string of the molecule is Clc1cc(Cl)cc([C@H]2C[C@@]2(Cl)Br)c1. The predicted molar refractivity (Wildman–Crippen MR) is 61.3 cm³/mol. The molecule has 0 nitrogen and oxygen atoms in total. The molecule has 0 heterocycles. The Hall–Kier alpha value is 0.570. The number of alkyl halides is 2. The lowest BCUT2D eigenvalue weighted by Gasteiger charge is -2.02. The van der Waals surface area contributed by atoms with Crippen LogP contribution in [0.2, 0.25) is 10.0 Å². The summed E-state index contributed by atoms with van der Waals surface area (Å²) in [6.45, 7) is 0. The van der Waals surface area contributed by atoms with Crippen LogP contribution < -0.4 is 0 Å². The van der Waals surface area contributed by atoms with Crippen LogP contribution in [-0.2, 0) is 0 Å². The molecule has 0 N–H and O–H groups in total. The van der Waals surface area contributed by atoms with E-state index in [-0.39, 0.29) is 3.78 Å². The van der Waals surface area contributed by atoms with Crippen molar-refractivity contribution in [1.82, 2.24) is 0 Å². The Balaban J connectivity index is 2.32. The lowest BCUT2D eigenvalue weighted by Crippen LogP contribution is -1.88. The maximum absolute atomic E-state index is 6.08. The highest BCUT2D eigenvalue weighted by atomic mass is 79.9. The van der Waals surface area contributed by atoms with Gasteiger partial charge in [0.2, 0.25) is 0 Å². The average Bonchev–Trinajstić information content (AvgIpc) is 2.57. The molecule has 1 aliphatic rings. The number of hydrogen-bond donors (Lipinski definition) is 0. The van der Waals surface area contributed by atoms with E-state index >= 15 is 0 Å². The molecule has 1 aromatic rings. The van der Waals surface area contributed by atoms with E-state index in [0.717, 1.165) is 12.0 Å². The van der Waals surface area contributed by atoms with Gasteiger partial charge < -0.3 is 0 Å². The minimum atomic E-state index is -0.277. The molecule has 1 aromatic carbocycles. The average molecular weight is 300 g/mol. The van der Waals surface area contributed by atoms with Crippen LogP contribution in [0.25, 0.3) is 0 Å². The highest BCUT2D eigenvalue weighted by Gasteiger charge is 2.51. The van der Waals surface area contributed by atoms with Crippen molar-refractivity contribution in [2.45, 2.75) is 16.1 Å². The van der Waals surface area contributed by atoms with E-state index in [4.69, 9.17) is 34.8 Å². The summed E-state index contributed by atoms with van der Waals surface area (Å²) in [6, 6.07) is 5.53. The zero-order chi connectivity index (χ0) is 9.64. The van der Waals surface area contributed by atoms with Crippen LogP contribution >= 0.6 is 50.7 Å². The third kappa shape index (κ3) is 2.15. The Labute approximate surface area is 100 Å². The Morgan fingerprint density at radius 1 is 1.23 bits per heavy atom. The second-order valence-corrected chi connectivity index (χ2v) is 6.64. The van der Waals surface area contributed by atoms with Gasteiger partial charge in [-0.3, -0.25) is 0 Å². The normalized spacial score (nSPS) is 31.8. The Kier molecular flexibility index (Phi) is 2.57. The van der Waals surface area contributed by atoms with E-state index in [1.165, 1.54) is 0 Å². The molecule has 0 radical (unpaired) electrons. The predicted octanol–water partition coefficient (Wildman–Crippen LogP) is 4.81. The Morgan fingerprint density at radius 3 is 2.08 bits per heavy atom. The first-order valence-corrected chi connectivity index (χ1v) is 5.75. The van der Waals surface area contributed by atoms with Crippen LogP contribution in [0.3, 0.4) is 0 Å². The molecule has 0 aliphatic heterocycles. The van der Waals surface area contributed by atoms with Gasteiger partial charge in [-0.2, -0.15) is 0 Å². The van der Waals surface area contributed by atoms with Gasteiger partial charge in [-0.25, -0.2) is 0 Å². The Bertz CT molecular complexity index is 328. The summed E-state index contributed by atoms with van der Waals surface area (Å²) in [5, 5.41) is 1.32. The summed E-state index contributed by atoms with van der Waals surface area (Å²) in [5.74, 6) is 0.324. The second-order valence-electron chi connectivity index (χ2n) is 3.22. The molecule has 0 bridgehead atoms. The van der Waals surface area contributed by atoms with E-state index in [1.807, 2.05) is 12.1 Å². The molecule has 0 spiro atoms. The summed E-state index contributed by atoms with van der Waals surface area (Å²) >= 11 is 21.2. The zero-order valence-electron chi connectivity index (χ0n) is 6.53. The van der Waals surface area contributed by atoms with Gasteiger partial charge in [0.25, 0.3) is 0 Å². The van der Waals surface area contributed by atoms with Crippen LogP contribution in [0.4, 0.5) is 0 Å². The van der Waals surface area contributed by atoms with Crippen molar-refractivity contribution in [3.63, 3.8) is 0 Å².